The summed E-state index contributed by atoms with van der Waals surface area (Å²) in [6.07, 6.45) is 49.5. The van der Waals surface area contributed by atoms with E-state index in [-0.39, 0.29) is 25.9 Å². The van der Waals surface area contributed by atoms with Crippen molar-refractivity contribution in [3.8, 4) is 0 Å². The van der Waals surface area contributed by atoms with Gasteiger partial charge in [0.25, 0.3) is 0 Å². The lowest BCUT2D eigenvalue weighted by molar-refractivity contribution is -0.301. The second-order valence-electron chi connectivity index (χ2n) is 17.7. The van der Waals surface area contributed by atoms with Gasteiger partial charge in [0.2, 0.25) is 0 Å². The molecule has 1 rings (SSSR count). The van der Waals surface area contributed by atoms with E-state index in [1.54, 1.807) is 0 Å². The van der Waals surface area contributed by atoms with Gasteiger partial charge in [-0.2, -0.15) is 0 Å². The Kier molecular flexibility index (Phi) is 42.1. The van der Waals surface area contributed by atoms with E-state index in [2.05, 4.69) is 118 Å². The maximum atomic E-state index is 13.1. The average Bonchev–Trinajstić information content (AvgIpc) is 3.35. The van der Waals surface area contributed by atoms with Crippen LogP contribution >= 0.6 is 0 Å². The number of esters is 3. The van der Waals surface area contributed by atoms with Crippen molar-refractivity contribution in [1.82, 2.24) is 0 Å². The monoisotopic (exact) mass is 993 g/mol. The van der Waals surface area contributed by atoms with Crippen LogP contribution in [-0.2, 0) is 42.9 Å². The van der Waals surface area contributed by atoms with E-state index >= 15 is 0 Å². The minimum Gasteiger partial charge on any atom is -0.479 e. The first-order valence-electron chi connectivity index (χ1n) is 26.9. The Balaban J connectivity index is 2.77. The highest BCUT2D eigenvalue weighted by Crippen LogP contribution is 2.26. The third-order valence-corrected chi connectivity index (χ3v) is 11.3. The van der Waals surface area contributed by atoms with Crippen molar-refractivity contribution in [2.24, 2.45) is 0 Å². The Bertz CT molecular complexity index is 1650. The van der Waals surface area contributed by atoms with Crippen LogP contribution < -0.4 is 0 Å². The molecule has 1 fully saturated rings. The molecule has 1 aliphatic heterocycles. The third-order valence-electron chi connectivity index (χ3n) is 11.3. The number of carboxylic acids is 1. The Morgan fingerprint density at radius 2 is 0.915 bits per heavy atom. The summed E-state index contributed by atoms with van der Waals surface area (Å²) in [7, 11) is 0. The molecule has 1 saturated heterocycles. The summed E-state index contributed by atoms with van der Waals surface area (Å²) in [5.41, 5.74) is 0. The Labute approximate surface area is 427 Å². The zero-order chi connectivity index (χ0) is 51.8. The van der Waals surface area contributed by atoms with Crippen LogP contribution in [0, 0.1) is 0 Å². The van der Waals surface area contributed by atoms with E-state index in [1.807, 2.05) is 12.2 Å². The molecule has 0 radical (unpaired) electrons. The van der Waals surface area contributed by atoms with Crippen LogP contribution in [0.4, 0.5) is 0 Å². The number of carbonyl (C=O) groups excluding carboxylic acids is 3. The topological polar surface area (TPSA) is 175 Å². The summed E-state index contributed by atoms with van der Waals surface area (Å²) in [4.78, 5) is 50.8. The fraction of sp³-hybridized carbons (Fsp3) is 0.627. The molecule has 6 atom stereocenters. The molecule has 0 aromatic carbocycles. The molecule has 400 valence electrons. The highest BCUT2D eigenvalue weighted by atomic mass is 16.7. The van der Waals surface area contributed by atoms with Crippen molar-refractivity contribution >= 4 is 23.9 Å². The number of unbranched alkanes of at least 4 members (excludes halogenated alkanes) is 11. The highest BCUT2D eigenvalue weighted by molar-refractivity contribution is 5.74. The standard InChI is InChI=1S/C59H92O12/c1-4-7-10-13-16-19-22-24-25-26-27-29-32-35-38-41-44-47-53(62)70-57-55(64)54(63)56(58(65)66)71-59(57)68-49-50(69-52(61)46-43-40-37-34-30-21-18-15-12-9-6-3)48-67-51(60)45-42-39-36-33-31-28-23-20-17-14-11-8-5-2/h7-8,10-11,15-20,24-25,27-29,31,36,39,50,54-57,59,63-64H,4-6,9,12-14,21-23,26,30,32-35,37-38,40-49H2,1-3H3,(H,65,66)/b10-7-,11-8-,18-15-,19-16-,20-17-,25-24-,29-27-,31-28-,39-36-. The lowest BCUT2D eigenvalue weighted by Gasteiger charge is -2.40. The predicted octanol–water partition coefficient (Wildman–Crippen LogP) is 13.1. The SMILES string of the molecule is CC/C=C\C/C=C\C/C=C\C/C=C\CCCCCCC(=O)OC1C(OCC(COC(=O)CC/C=C\C/C=C\C/C=C\C/C=C\CC)OC(=O)CCCCCCC/C=C\CCCC)OC(C(=O)O)C(O)C1O. The first kappa shape index (κ1) is 64.4. The van der Waals surface area contributed by atoms with E-state index in [4.69, 9.17) is 23.7 Å². The molecule has 1 aliphatic rings. The molecule has 12 heteroatoms. The van der Waals surface area contributed by atoms with Gasteiger partial charge in [-0.3, -0.25) is 14.4 Å². The lowest BCUT2D eigenvalue weighted by Crippen LogP contribution is -2.61. The smallest absolute Gasteiger partial charge is 0.335 e. The normalized spacial score (nSPS) is 19.4. The Morgan fingerprint density at radius 1 is 0.479 bits per heavy atom. The predicted molar refractivity (Wildman–Crippen MR) is 284 cm³/mol. The molecule has 0 aromatic rings. The van der Waals surface area contributed by atoms with Gasteiger partial charge in [0.05, 0.1) is 6.61 Å². The van der Waals surface area contributed by atoms with Gasteiger partial charge < -0.3 is 39.0 Å². The van der Waals surface area contributed by atoms with E-state index in [0.717, 1.165) is 116 Å². The van der Waals surface area contributed by atoms with E-state index < -0.39 is 67.3 Å². The van der Waals surface area contributed by atoms with Crippen molar-refractivity contribution in [2.75, 3.05) is 13.2 Å². The quantitative estimate of drug-likeness (QED) is 0.0229. The minimum atomic E-state index is -1.93. The van der Waals surface area contributed by atoms with Gasteiger partial charge in [-0.1, -0.05) is 175 Å². The maximum absolute atomic E-state index is 13.1. The summed E-state index contributed by atoms with van der Waals surface area (Å²) in [6, 6.07) is 0. The largest absolute Gasteiger partial charge is 0.479 e. The second kappa shape index (κ2) is 46.5. The molecule has 0 aromatic heterocycles. The third kappa shape index (κ3) is 36.9. The number of aliphatic carboxylic acids is 1. The minimum absolute atomic E-state index is 0.0194. The summed E-state index contributed by atoms with van der Waals surface area (Å²) in [5.74, 6) is -3.29. The zero-order valence-electron chi connectivity index (χ0n) is 43.7. The summed E-state index contributed by atoms with van der Waals surface area (Å²) in [6.45, 7) is 5.60. The zero-order valence-corrected chi connectivity index (χ0v) is 43.7. The number of hydrogen-bond donors (Lipinski definition) is 3. The fourth-order valence-electron chi connectivity index (χ4n) is 7.23. The molecule has 0 amide bonds. The van der Waals surface area contributed by atoms with Crippen molar-refractivity contribution in [3.05, 3.63) is 109 Å². The van der Waals surface area contributed by atoms with E-state index in [1.165, 1.54) is 12.8 Å². The van der Waals surface area contributed by atoms with Gasteiger partial charge in [0, 0.05) is 19.3 Å². The van der Waals surface area contributed by atoms with Crippen LogP contribution in [0.1, 0.15) is 188 Å². The van der Waals surface area contributed by atoms with Gasteiger partial charge in [-0.25, -0.2) is 4.79 Å². The molecule has 0 bridgehead atoms. The number of rotatable bonds is 43. The van der Waals surface area contributed by atoms with Crippen LogP contribution in [-0.4, -0.2) is 89.2 Å². The van der Waals surface area contributed by atoms with Crippen molar-refractivity contribution in [3.63, 3.8) is 0 Å². The van der Waals surface area contributed by atoms with Gasteiger partial charge >= 0.3 is 23.9 Å². The molecular formula is C59H92O12. The van der Waals surface area contributed by atoms with Gasteiger partial charge in [-0.15, -0.1) is 0 Å². The van der Waals surface area contributed by atoms with Crippen LogP contribution in [0.3, 0.4) is 0 Å². The maximum Gasteiger partial charge on any atom is 0.335 e. The van der Waals surface area contributed by atoms with Gasteiger partial charge in [0.15, 0.2) is 24.6 Å². The van der Waals surface area contributed by atoms with Crippen LogP contribution in [0.5, 0.6) is 0 Å². The number of aliphatic hydroxyl groups excluding tert-OH is 2. The van der Waals surface area contributed by atoms with Crippen LogP contribution in [0.2, 0.25) is 0 Å². The van der Waals surface area contributed by atoms with Gasteiger partial charge in [0.1, 0.15) is 18.8 Å². The van der Waals surface area contributed by atoms with E-state index in [9.17, 15) is 34.5 Å². The number of allylic oxidation sites excluding steroid dienone is 18. The first-order valence-corrected chi connectivity index (χ1v) is 26.9. The molecule has 3 N–H and O–H groups in total. The Morgan fingerprint density at radius 3 is 1.42 bits per heavy atom. The average molecular weight is 993 g/mol. The summed E-state index contributed by atoms with van der Waals surface area (Å²) >= 11 is 0. The number of ether oxygens (including phenoxy) is 5. The van der Waals surface area contributed by atoms with Crippen molar-refractivity contribution in [1.29, 1.82) is 0 Å². The van der Waals surface area contributed by atoms with Crippen molar-refractivity contribution < 1.29 is 58.2 Å². The molecule has 6 unspecified atom stereocenters. The van der Waals surface area contributed by atoms with E-state index in [0.29, 0.717) is 19.3 Å². The van der Waals surface area contributed by atoms with Crippen LogP contribution in [0.25, 0.3) is 0 Å². The Hall–Kier alpha value is -4.62. The number of aliphatic hydroxyl groups is 2. The molecule has 0 aliphatic carbocycles. The fourth-order valence-corrected chi connectivity index (χ4v) is 7.23. The van der Waals surface area contributed by atoms with Crippen LogP contribution in [0.15, 0.2) is 109 Å². The highest BCUT2D eigenvalue weighted by Gasteiger charge is 2.50. The summed E-state index contributed by atoms with van der Waals surface area (Å²) in [5, 5.41) is 31.4. The lowest BCUT2D eigenvalue weighted by atomic mass is 9.98. The number of carbonyl (C=O) groups is 4. The molecule has 1 heterocycles. The molecule has 71 heavy (non-hydrogen) atoms. The second-order valence-corrected chi connectivity index (χ2v) is 17.7. The molecule has 0 spiro atoms. The number of hydrogen-bond acceptors (Lipinski definition) is 11. The van der Waals surface area contributed by atoms with Gasteiger partial charge in [-0.05, 0) is 103 Å². The molecular weight excluding hydrogens is 901 g/mol. The molecule has 0 saturated carbocycles. The number of carboxylic acid groups (broad SMARTS) is 1. The summed E-state index contributed by atoms with van der Waals surface area (Å²) < 4.78 is 28.2. The molecule has 12 nitrogen and oxygen atoms in total. The van der Waals surface area contributed by atoms with Crippen molar-refractivity contribution in [2.45, 2.75) is 225 Å². The first-order chi connectivity index (χ1) is 34.6.